The van der Waals surface area contributed by atoms with Crippen molar-refractivity contribution >= 4 is 23.2 Å². The third-order valence-electron chi connectivity index (χ3n) is 3.37. The van der Waals surface area contributed by atoms with Crippen molar-refractivity contribution in [3.05, 3.63) is 52.8 Å². The number of rotatable bonds is 2. The number of ether oxygens (including phenoxy) is 1. The van der Waals surface area contributed by atoms with Crippen molar-refractivity contribution in [2.24, 2.45) is 5.73 Å². The summed E-state index contributed by atoms with van der Waals surface area (Å²) in [6.07, 6.45) is 0.291. The number of fused-ring (bicyclic) bond motifs is 1. The molecule has 1 atom stereocenters. The van der Waals surface area contributed by atoms with E-state index < -0.39 is 17.8 Å². The number of hydrogen-bond acceptors (Lipinski definition) is 4. The fourth-order valence-electron chi connectivity index (χ4n) is 2.28. The van der Waals surface area contributed by atoms with Crippen LogP contribution in [-0.4, -0.2) is 17.2 Å². The van der Waals surface area contributed by atoms with Crippen molar-refractivity contribution in [2.75, 3.05) is 5.06 Å². The lowest BCUT2D eigenvalue weighted by molar-refractivity contribution is -0.125. The monoisotopic (exact) mass is 322 g/mol. The van der Waals surface area contributed by atoms with E-state index in [2.05, 4.69) is 0 Å². The van der Waals surface area contributed by atoms with Gasteiger partial charge in [-0.3, -0.25) is 10.0 Å². The van der Waals surface area contributed by atoms with Gasteiger partial charge < -0.3 is 10.5 Å². The van der Waals surface area contributed by atoms with Gasteiger partial charge in [0.25, 0.3) is 5.91 Å². The summed E-state index contributed by atoms with van der Waals surface area (Å²) in [4.78, 5) is 11.6. The smallest absolute Gasteiger partial charge is 0.267 e. The van der Waals surface area contributed by atoms with Gasteiger partial charge in [-0.05, 0) is 48.4 Å². The van der Waals surface area contributed by atoms with Crippen LogP contribution in [-0.2, 0) is 11.2 Å². The number of nitrogens with zero attached hydrogens (tertiary/aromatic N) is 1. The van der Waals surface area contributed by atoms with Crippen molar-refractivity contribution in [1.29, 1.82) is 0 Å². The van der Waals surface area contributed by atoms with Crippen LogP contribution in [0, 0.1) is 5.82 Å². The van der Waals surface area contributed by atoms with E-state index in [1.165, 1.54) is 12.1 Å². The molecule has 7 heteroatoms. The van der Waals surface area contributed by atoms with Gasteiger partial charge >= 0.3 is 0 Å². The molecule has 0 radical (unpaired) electrons. The molecule has 3 N–H and O–H groups in total. The van der Waals surface area contributed by atoms with Crippen molar-refractivity contribution in [3.8, 4) is 11.5 Å². The number of hydroxylamine groups is 1. The molecule has 0 saturated heterocycles. The molecule has 2 aromatic carbocycles. The van der Waals surface area contributed by atoms with Crippen LogP contribution in [0.2, 0.25) is 5.02 Å². The van der Waals surface area contributed by atoms with Crippen molar-refractivity contribution in [1.82, 2.24) is 0 Å². The Hall–Kier alpha value is -2.15. The van der Waals surface area contributed by atoms with Crippen LogP contribution in [0.3, 0.4) is 0 Å². The van der Waals surface area contributed by atoms with E-state index in [1.807, 2.05) is 0 Å². The van der Waals surface area contributed by atoms with Crippen LogP contribution in [0.15, 0.2) is 36.4 Å². The molecule has 114 valence electrons. The first-order chi connectivity index (χ1) is 10.5. The predicted molar refractivity (Wildman–Crippen MR) is 78.9 cm³/mol. The summed E-state index contributed by atoms with van der Waals surface area (Å²) < 4.78 is 18.6. The fourth-order valence-corrected chi connectivity index (χ4v) is 2.49. The van der Waals surface area contributed by atoms with Crippen LogP contribution in [0.4, 0.5) is 10.1 Å². The third-order valence-corrected chi connectivity index (χ3v) is 3.66. The normalized spacial score (nSPS) is 17.4. The first-order valence-electron chi connectivity index (χ1n) is 6.50. The average Bonchev–Trinajstić information content (AvgIpc) is 2.48. The molecule has 0 aromatic heterocycles. The zero-order valence-electron chi connectivity index (χ0n) is 11.3. The Labute approximate surface area is 130 Å². The quantitative estimate of drug-likeness (QED) is 0.834. The van der Waals surface area contributed by atoms with Gasteiger partial charge in [0, 0.05) is 0 Å². The second-order valence-electron chi connectivity index (χ2n) is 4.93. The van der Waals surface area contributed by atoms with Gasteiger partial charge in [-0.2, -0.15) is 5.06 Å². The molecule has 0 fully saturated rings. The molecule has 0 aliphatic carbocycles. The molecule has 3 rings (SSSR count). The maximum absolute atomic E-state index is 13.0. The van der Waals surface area contributed by atoms with Crippen molar-refractivity contribution in [3.63, 3.8) is 0 Å². The maximum Gasteiger partial charge on any atom is 0.267 e. The number of benzene rings is 2. The highest BCUT2D eigenvalue weighted by Crippen LogP contribution is 2.34. The van der Waals surface area contributed by atoms with Crippen LogP contribution in [0.1, 0.15) is 5.56 Å². The maximum atomic E-state index is 13.0. The first-order valence-corrected chi connectivity index (χ1v) is 6.88. The molecule has 0 spiro atoms. The highest BCUT2D eigenvalue weighted by Gasteiger charge is 2.29. The van der Waals surface area contributed by atoms with Crippen LogP contribution in [0.5, 0.6) is 11.5 Å². The molecule has 1 aliphatic heterocycles. The second-order valence-corrected chi connectivity index (χ2v) is 5.34. The van der Waals surface area contributed by atoms with Gasteiger partial charge in [0.1, 0.15) is 17.3 Å². The second kappa shape index (κ2) is 5.57. The zero-order chi connectivity index (χ0) is 15.9. The van der Waals surface area contributed by atoms with Gasteiger partial charge in [-0.15, -0.1) is 0 Å². The molecule has 0 bridgehead atoms. The molecule has 1 heterocycles. The van der Waals surface area contributed by atoms with E-state index in [0.717, 1.165) is 6.07 Å². The summed E-state index contributed by atoms with van der Waals surface area (Å²) in [5.74, 6) is -0.256. The van der Waals surface area contributed by atoms with E-state index in [9.17, 15) is 14.4 Å². The van der Waals surface area contributed by atoms with E-state index in [-0.39, 0.29) is 5.02 Å². The fraction of sp³-hybridized carbons (Fsp3) is 0.133. The van der Waals surface area contributed by atoms with E-state index in [4.69, 9.17) is 22.1 Å². The minimum Gasteiger partial charge on any atom is -0.456 e. The molecule has 0 unspecified atom stereocenters. The molecule has 2 aromatic rings. The molecule has 1 aliphatic rings. The molecule has 1 amide bonds. The van der Waals surface area contributed by atoms with E-state index in [1.54, 1.807) is 18.2 Å². The Bertz CT molecular complexity index is 754. The van der Waals surface area contributed by atoms with Crippen molar-refractivity contribution in [2.45, 2.75) is 12.5 Å². The number of hydrogen-bond donors (Lipinski definition) is 2. The van der Waals surface area contributed by atoms with Gasteiger partial charge in [-0.25, -0.2) is 4.39 Å². The summed E-state index contributed by atoms with van der Waals surface area (Å²) >= 11 is 5.91. The zero-order valence-corrected chi connectivity index (χ0v) is 12.0. The van der Waals surface area contributed by atoms with Crippen LogP contribution >= 0.6 is 11.6 Å². The minimum absolute atomic E-state index is 0.147. The largest absolute Gasteiger partial charge is 0.456 e. The summed E-state index contributed by atoms with van der Waals surface area (Å²) in [5.41, 5.74) is 6.71. The Morgan fingerprint density at radius 2 is 2.09 bits per heavy atom. The minimum atomic E-state index is -0.804. The SMILES string of the molecule is N[C@H]1Cc2cc(Oc3ccc(F)cc3Cl)ccc2N(O)C1=O. The summed E-state index contributed by atoms with van der Waals surface area (Å²) in [6, 6.07) is 7.79. The number of carbonyl (C=O) groups is 1. The standard InChI is InChI=1S/C15H12ClFN2O3/c16-11-7-9(17)1-4-14(11)22-10-2-3-13-8(5-10)6-12(18)15(20)19(13)21/h1-5,7,12,21H,6,18H2/t12-/m0/s1. The summed E-state index contributed by atoms with van der Waals surface area (Å²) in [7, 11) is 0. The lowest BCUT2D eigenvalue weighted by Gasteiger charge is -2.27. The Morgan fingerprint density at radius 1 is 1.32 bits per heavy atom. The number of amides is 1. The van der Waals surface area contributed by atoms with Gasteiger partial charge in [0.15, 0.2) is 0 Å². The lowest BCUT2D eigenvalue weighted by atomic mass is 9.99. The number of nitrogens with two attached hydrogens (primary N) is 1. The van der Waals surface area contributed by atoms with Gasteiger partial charge in [-0.1, -0.05) is 11.6 Å². The van der Waals surface area contributed by atoms with Crippen LogP contribution in [0.25, 0.3) is 0 Å². The van der Waals surface area contributed by atoms with E-state index in [0.29, 0.717) is 34.2 Å². The Kier molecular flexibility index (Phi) is 3.74. The number of anilines is 1. The highest BCUT2D eigenvalue weighted by molar-refractivity contribution is 6.32. The third kappa shape index (κ3) is 2.64. The van der Waals surface area contributed by atoms with Crippen molar-refractivity contribution < 1.29 is 19.1 Å². The Morgan fingerprint density at radius 3 is 2.82 bits per heavy atom. The van der Waals surface area contributed by atoms with E-state index >= 15 is 0 Å². The highest BCUT2D eigenvalue weighted by atomic mass is 35.5. The van der Waals surface area contributed by atoms with Gasteiger partial charge in [0.05, 0.1) is 16.8 Å². The first kappa shape index (κ1) is 14.8. The molecule has 5 nitrogen and oxygen atoms in total. The topological polar surface area (TPSA) is 75.8 Å². The van der Waals surface area contributed by atoms with Gasteiger partial charge in [0.2, 0.25) is 0 Å². The summed E-state index contributed by atoms with van der Waals surface area (Å²) in [6.45, 7) is 0. The molecule has 0 saturated carbocycles. The predicted octanol–water partition coefficient (Wildman–Crippen LogP) is 2.88. The number of carbonyl (C=O) groups excluding carboxylic acids is 1. The molecular weight excluding hydrogens is 311 g/mol. The van der Waals surface area contributed by atoms with Crippen LogP contribution < -0.4 is 15.5 Å². The average molecular weight is 323 g/mol. The summed E-state index contributed by atoms with van der Waals surface area (Å²) in [5, 5.41) is 10.4. The molecule has 22 heavy (non-hydrogen) atoms. The lowest BCUT2D eigenvalue weighted by Crippen LogP contribution is -2.47. The Balaban J connectivity index is 1.91. The molecular formula is C15H12ClFN2O3. The number of halogens is 2.